The molecule has 0 unspecified atom stereocenters. The van der Waals surface area contributed by atoms with Gasteiger partial charge in [-0.3, -0.25) is 9.44 Å². The smallest absolute Gasteiger partial charge is 0.341 e. The highest BCUT2D eigenvalue weighted by atomic mass is 32.2. The molecule has 0 saturated heterocycles. The van der Waals surface area contributed by atoms with Crippen LogP contribution in [0.5, 0.6) is 5.75 Å². The summed E-state index contributed by atoms with van der Waals surface area (Å²) in [7, 11) is -5.53. The van der Waals surface area contributed by atoms with E-state index in [1.807, 2.05) is 6.11 Å². The minimum absolute atomic E-state index is 0. The summed E-state index contributed by atoms with van der Waals surface area (Å²) in [6.07, 6.45) is 9.90. The quantitative estimate of drug-likeness (QED) is 0.00686. The molecule has 1 heterocycles. The van der Waals surface area contributed by atoms with Gasteiger partial charge in [-0.2, -0.15) is 13.5 Å². The van der Waals surface area contributed by atoms with E-state index in [1.165, 1.54) is 30.5 Å². The van der Waals surface area contributed by atoms with Crippen molar-refractivity contribution in [2.45, 2.75) is 24.5 Å². The number of fused-ring (bicyclic) bond motifs is 1. The van der Waals surface area contributed by atoms with Crippen LogP contribution in [0.1, 0.15) is 11.8 Å². The number of carboxylic acid groups (broad SMARTS) is 1. The van der Waals surface area contributed by atoms with Crippen molar-refractivity contribution in [2.75, 3.05) is 32.1 Å². The summed E-state index contributed by atoms with van der Waals surface area (Å²) in [6, 6.07) is 15.2. The van der Waals surface area contributed by atoms with Crippen LogP contribution in [0.3, 0.4) is 0 Å². The van der Waals surface area contributed by atoms with Gasteiger partial charge in [-0.05, 0) is 80.1 Å². The first-order valence-corrected chi connectivity index (χ1v) is 21.8. The number of benzene rings is 4. The average Bonchev–Trinajstić information content (AvgIpc) is 3.24. The first-order valence-electron chi connectivity index (χ1n) is 16.5. The van der Waals surface area contributed by atoms with Gasteiger partial charge in [0.25, 0.3) is 10.1 Å². The Kier molecular flexibility index (Phi) is 18.3. The zero-order valence-electron chi connectivity index (χ0n) is 31.6. The Bertz CT molecular complexity index is 2700. The molecule has 0 aliphatic rings. The van der Waals surface area contributed by atoms with Crippen molar-refractivity contribution in [1.82, 2.24) is 4.90 Å². The Labute approximate surface area is 365 Å². The molecule has 0 aliphatic carbocycles. The fourth-order valence-electron chi connectivity index (χ4n) is 4.72. The molecule has 8 N–H and O–H groups in total. The topological polar surface area (TPSA) is 335 Å². The number of nitrogens with zero attached hydrogens (tertiary/aromatic N) is 5. The van der Waals surface area contributed by atoms with Gasteiger partial charge in [0.2, 0.25) is 0 Å². The number of sulfone groups is 1. The zero-order valence-corrected chi connectivity index (χ0v) is 35.7. The van der Waals surface area contributed by atoms with Crippen molar-refractivity contribution in [1.29, 1.82) is 0 Å². The summed E-state index contributed by atoms with van der Waals surface area (Å²) in [6.45, 7) is 0.212. The third-order valence-corrected chi connectivity index (χ3v) is 11.9. The molecule has 0 fully saturated rings. The van der Waals surface area contributed by atoms with Crippen LogP contribution in [-0.4, -0.2) is 79.4 Å². The number of anilines is 1. The number of nitrogen functional groups attached to an aromatic ring is 1. The van der Waals surface area contributed by atoms with E-state index in [2.05, 4.69) is 49.1 Å². The third-order valence-electron chi connectivity index (χ3n) is 7.52. The van der Waals surface area contributed by atoms with E-state index in [1.54, 1.807) is 55.5 Å². The molecule has 62 heavy (non-hydrogen) atoms. The molecule has 330 valence electrons. The number of carboxylic acids is 1. The van der Waals surface area contributed by atoms with Gasteiger partial charge in [0.05, 0.1) is 73.3 Å². The van der Waals surface area contributed by atoms with Crippen LogP contribution in [0, 0.1) is 12.5 Å². The molecular formula is C34H34N7O16S5+. The Morgan fingerprint density at radius 2 is 1.58 bits per heavy atom. The normalized spacial score (nSPS) is 11.8. The van der Waals surface area contributed by atoms with Crippen molar-refractivity contribution in [3.8, 4) is 18.3 Å². The lowest BCUT2D eigenvalue weighted by Crippen LogP contribution is -2.21. The van der Waals surface area contributed by atoms with E-state index >= 15 is 0 Å². The third kappa shape index (κ3) is 13.8. The number of H-pyrrole nitrogens is 1. The van der Waals surface area contributed by atoms with Crippen LogP contribution in [0.15, 0.2) is 124 Å². The standard InChI is InChI=1S/C28H26N6O14S5.C6H5NO2.H2/c1-4-43-46-49-18-7-5-17(6-8-18)30-32-26-22(51-48-45-37)13-16-14-23(53(40,41)42)27(28(35)24(16)25(26)29)33-31-20-10-9-19(15-21(20)50-47-44-36)52(38,39)12-11-34(2)3;8-6(9)5-2-1-3-7-4-5;/h1,5-10,13-15,35-37H,11-12,29H2,2-3H3,(H,40,41,42);1-4H,(H,8,9);1H/p+1. The largest absolute Gasteiger partial charge is 0.505 e. The molecule has 28 heteroatoms. The van der Waals surface area contributed by atoms with Gasteiger partial charge in [0, 0.05) is 18.9 Å². The Hall–Kier alpha value is -5.49. The number of aromatic carboxylic acids is 1. The number of nitrogens with two attached hydrogens (primary N) is 1. The van der Waals surface area contributed by atoms with E-state index in [4.69, 9.17) is 32.1 Å². The van der Waals surface area contributed by atoms with Gasteiger partial charge in [-0.1, -0.05) is 20.8 Å². The van der Waals surface area contributed by atoms with E-state index in [9.17, 15) is 31.3 Å². The Balaban J connectivity index is 0.000000937. The van der Waals surface area contributed by atoms with Gasteiger partial charge >= 0.3 is 5.97 Å². The van der Waals surface area contributed by atoms with Crippen LogP contribution in [-0.2, 0) is 47.9 Å². The number of aromatic hydroxyl groups is 1. The predicted octanol–water partition coefficient (Wildman–Crippen LogP) is 7.39. The van der Waals surface area contributed by atoms with Crippen LogP contribution < -0.4 is 10.7 Å². The molecule has 5 rings (SSSR count). The number of phenolic OH excluding ortho intramolecular Hbond substituents is 1. The summed E-state index contributed by atoms with van der Waals surface area (Å²) in [5.74, 6) is -2.03. The zero-order chi connectivity index (χ0) is 45.5. The number of rotatable bonds is 19. The van der Waals surface area contributed by atoms with Crippen LogP contribution in [0.2, 0.25) is 0 Å². The van der Waals surface area contributed by atoms with E-state index in [-0.39, 0.29) is 61.8 Å². The summed E-state index contributed by atoms with van der Waals surface area (Å²) in [4.78, 5) is 18.3. The number of phenols is 1. The Morgan fingerprint density at radius 3 is 2.16 bits per heavy atom. The lowest BCUT2D eigenvalue weighted by molar-refractivity contribution is -0.432. The molecule has 0 spiro atoms. The van der Waals surface area contributed by atoms with Crippen LogP contribution in [0.25, 0.3) is 10.8 Å². The minimum atomic E-state index is -5.12. The van der Waals surface area contributed by atoms with Gasteiger partial charge < -0.3 is 20.8 Å². The number of aromatic nitrogens is 1. The minimum Gasteiger partial charge on any atom is -0.505 e. The van der Waals surface area contributed by atoms with Gasteiger partial charge in [0.15, 0.2) is 34.1 Å². The first-order chi connectivity index (χ1) is 29.5. The maximum Gasteiger partial charge on any atom is 0.341 e. The van der Waals surface area contributed by atoms with E-state index in [0.29, 0.717) is 34.7 Å². The van der Waals surface area contributed by atoms with Crippen molar-refractivity contribution >= 4 is 101 Å². The molecule has 1 aromatic heterocycles. The number of terminal acetylenes is 1. The summed E-state index contributed by atoms with van der Waals surface area (Å²) in [5.41, 5.74) is 5.64. The van der Waals surface area contributed by atoms with Crippen molar-refractivity contribution < 1.29 is 81.3 Å². The molecule has 0 atom stereocenters. The van der Waals surface area contributed by atoms with Gasteiger partial charge in [-0.25, -0.2) is 28.7 Å². The molecule has 0 saturated carbocycles. The highest BCUT2D eigenvalue weighted by Gasteiger charge is 2.26. The molecule has 0 aliphatic heterocycles. The summed E-state index contributed by atoms with van der Waals surface area (Å²) < 4.78 is 74.7. The summed E-state index contributed by atoms with van der Waals surface area (Å²) in [5, 5.41) is 60.4. The van der Waals surface area contributed by atoms with Gasteiger partial charge in [0.1, 0.15) is 27.5 Å². The highest BCUT2D eigenvalue weighted by molar-refractivity contribution is 7.95. The van der Waals surface area contributed by atoms with Gasteiger partial charge in [-0.15, -0.1) is 24.0 Å². The maximum atomic E-state index is 12.9. The van der Waals surface area contributed by atoms with Crippen molar-refractivity contribution in [3.05, 3.63) is 84.7 Å². The molecule has 4 aromatic carbocycles. The fourth-order valence-corrected chi connectivity index (χ4v) is 8.24. The van der Waals surface area contributed by atoms with Crippen molar-refractivity contribution in [2.24, 2.45) is 20.5 Å². The number of pyridine rings is 1. The number of azo groups is 2. The van der Waals surface area contributed by atoms with Crippen LogP contribution >= 0.6 is 36.1 Å². The number of carbonyl (C=O) groups is 1. The second kappa shape index (κ2) is 23.1. The first kappa shape index (κ1) is 49.2. The lowest BCUT2D eigenvalue weighted by Gasteiger charge is -2.14. The van der Waals surface area contributed by atoms with Crippen molar-refractivity contribution in [3.63, 3.8) is 0 Å². The van der Waals surface area contributed by atoms with Crippen LogP contribution in [0.4, 0.5) is 28.4 Å². The monoisotopic (exact) mass is 956 g/mol. The SMILES string of the molecule is C#COOSc1ccc(N=Nc2c(SOOO)cc3cc(S(=O)(=O)O)c(N=Nc4ccc(S(=O)(=O)CCN(C)C)cc4SOOO)c(O)c3c2N)cc1.O=C(O)c1ccc[nH+]c1.[HH]. The Morgan fingerprint density at radius 1 is 0.903 bits per heavy atom. The average molecular weight is 957 g/mol. The lowest BCUT2D eigenvalue weighted by atomic mass is 10.1. The molecule has 0 amide bonds. The fraction of sp³-hybridized carbons (Fsp3) is 0.118. The number of nitrogens with one attached hydrogen (secondary N) is 1. The second-order valence-electron chi connectivity index (χ2n) is 11.8. The highest BCUT2D eigenvalue weighted by Crippen LogP contribution is 2.49. The second-order valence-corrected chi connectivity index (χ2v) is 17.6. The summed E-state index contributed by atoms with van der Waals surface area (Å²) >= 11 is 1.56. The van der Waals surface area contributed by atoms with E-state index in [0.717, 1.165) is 24.2 Å². The maximum absolute atomic E-state index is 12.9. The molecule has 23 nitrogen and oxygen atoms in total. The number of hydrogen-bond acceptors (Lipinski definition) is 23. The molecule has 0 bridgehead atoms. The molecule has 0 radical (unpaired) electrons. The number of aromatic amines is 1. The molecule has 5 aromatic rings. The molecular weight excluding hydrogens is 923 g/mol. The number of hydrogen-bond donors (Lipinski definition) is 6. The predicted molar refractivity (Wildman–Crippen MR) is 222 cm³/mol. The van der Waals surface area contributed by atoms with E-state index < -0.39 is 42.3 Å².